The number of ether oxygens (including phenoxy) is 1. The van der Waals surface area contributed by atoms with Crippen molar-refractivity contribution in [2.75, 3.05) is 6.61 Å². The molecule has 6 heteroatoms. The van der Waals surface area contributed by atoms with Crippen LogP contribution in [0.15, 0.2) is 34.2 Å². The van der Waals surface area contributed by atoms with Crippen molar-refractivity contribution in [3.05, 3.63) is 50.6 Å². The summed E-state index contributed by atoms with van der Waals surface area (Å²) < 4.78 is 7.47. The molecule has 0 fully saturated rings. The monoisotopic (exact) mass is 374 g/mol. The molecule has 0 atom stereocenters. The number of para-hydroxylation sites is 1. The number of hydrogen-bond acceptors (Lipinski definition) is 5. The van der Waals surface area contributed by atoms with Gasteiger partial charge in [0.15, 0.2) is 5.16 Å². The molecule has 0 aliphatic heterocycles. The third-order valence-corrected chi connectivity index (χ3v) is 6.33. The van der Waals surface area contributed by atoms with Gasteiger partial charge in [0.2, 0.25) is 0 Å². The lowest BCUT2D eigenvalue weighted by Gasteiger charge is -2.12. The number of nitrogens with zero attached hydrogens (tertiary/aromatic N) is 2. The van der Waals surface area contributed by atoms with E-state index in [0.29, 0.717) is 13.2 Å². The fraction of sp³-hybridized carbons (Fsp3) is 0.368. The summed E-state index contributed by atoms with van der Waals surface area (Å²) in [5, 5.41) is 1.54. The standard InChI is InChI=1S/C19H22N2O2S2/c1-5-21-18(22)16-12(3)13(4)25-17(16)20-19(21)24-11-14-9-7-8-10-15(14)23-6-2/h7-10H,5-6,11H2,1-4H3. The molecule has 1 aromatic carbocycles. The molecular weight excluding hydrogens is 352 g/mol. The molecule has 0 unspecified atom stereocenters. The highest BCUT2D eigenvalue weighted by Crippen LogP contribution is 2.31. The van der Waals surface area contributed by atoms with Crippen LogP contribution in [0.2, 0.25) is 0 Å². The van der Waals surface area contributed by atoms with E-state index in [-0.39, 0.29) is 5.56 Å². The van der Waals surface area contributed by atoms with Crippen LogP contribution in [0.5, 0.6) is 5.75 Å². The van der Waals surface area contributed by atoms with E-state index in [1.807, 2.05) is 45.9 Å². The number of aryl methyl sites for hydroxylation is 2. The minimum Gasteiger partial charge on any atom is -0.494 e. The Morgan fingerprint density at radius 1 is 1.24 bits per heavy atom. The highest BCUT2D eigenvalue weighted by molar-refractivity contribution is 7.98. The van der Waals surface area contributed by atoms with Crippen LogP contribution in [0.4, 0.5) is 0 Å². The van der Waals surface area contributed by atoms with Crippen LogP contribution in [-0.2, 0) is 12.3 Å². The van der Waals surface area contributed by atoms with Gasteiger partial charge in [0, 0.05) is 22.7 Å². The minimum atomic E-state index is 0.0648. The van der Waals surface area contributed by atoms with Crippen molar-refractivity contribution >= 4 is 33.3 Å². The first-order valence-electron chi connectivity index (χ1n) is 8.40. The predicted octanol–water partition coefficient (Wildman–Crippen LogP) is 4.79. The summed E-state index contributed by atoms with van der Waals surface area (Å²) in [5.41, 5.74) is 2.23. The largest absolute Gasteiger partial charge is 0.494 e. The van der Waals surface area contributed by atoms with Crippen molar-refractivity contribution < 1.29 is 4.74 Å². The molecule has 0 N–H and O–H groups in total. The lowest BCUT2D eigenvalue weighted by Crippen LogP contribution is -2.22. The van der Waals surface area contributed by atoms with Gasteiger partial charge in [-0.15, -0.1) is 11.3 Å². The number of hydrogen-bond donors (Lipinski definition) is 0. The van der Waals surface area contributed by atoms with E-state index >= 15 is 0 Å². The van der Waals surface area contributed by atoms with Crippen LogP contribution in [-0.4, -0.2) is 16.2 Å². The molecular formula is C19H22N2O2S2. The van der Waals surface area contributed by atoms with Gasteiger partial charge in [0.05, 0.1) is 12.0 Å². The molecule has 0 spiro atoms. The van der Waals surface area contributed by atoms with Gasteiger partial charge in [-0.05, 0) is 39.3 Å². The van der Waals surface area contributed by atoms with Gasteiger partial charge >= 0.3 is 0 Å². The third-order valence-electron chi connectivity index (χ3n) is 4.20. The average Bonchev–Trinajstić information content (AvgIpc) is 2.89. The number of fused-ring (bicyclic) bond motifs is 1. The molecule has 0 radical (unpaired) electrons. The number of thiophene rings is 1. The zero-order chi connectivity index (χ0) is 18.0. The summed E-state index contributed by atoms with van der Waals surface area (Å²) in [5.74, 6) is 1.61. The molecule has 4 nitrogen and oxygen atoms in total. The fourth-order valence-electron chi connectivity index (χ4n) is 2.76. The molecule has 2 heterocycles. The van der Waals surface area contributed by atoms with Gasteiger partial charge < -0.3 is 4.74 Å². The van der Waals surface area contributed by atoms with Crippen LogP contribution >= 0.6 is 23.1 Å². The Kier molecular flexibility index (Phi) is 5.49. The first-order chi connectivity index (χ1) is 12.1. The average molecular weight is 375 g/mol. The van der Waals surface area contributed by atoms with Crippen LogP contribution in [0.1, 0.15) is 29.9 Å². The maximum Gasteiger partial charge on any atom is 0.263 e. The van der Waals surface area contributed by atoms with E-state index < -0.39 is 0 Å². The maximum atomic E-state index is 12.9. The van der Waals surface area contributed by atoms with E-state index in [1.54, 1.807) is 27.7 Å². The number of benzene rings is 1. The van der Waals surface area contributed by atoms with E-state index in [9.17, 15) is 4.79 Å². The van der Waals surface area contributed by atoms with Crippen molar-refractivity contribution in [2.24, 2.45) is 0 Å². The van der Waals surface area contributed by atoms with E-state index in [4.69, 9.17) is 9.72 Å². The normalized spacial score (nSPS) is 11.2. The number of aromatic nitrogens is 2. The Bertz CT molecular complexity index is 960. The van der Waals surface area contributed by atoms with Crippen LogP contribution in [0.25, 0.3) is 10.2 Å². The summed E-state index contributed by atoms with van der Waals surface area (Å²) in [6.07, 6.45) is 0. The quantitative estimate of drug-likeness (QED) is 0.460. The van der Waals surface area contributed by atoms with Crippen molar-refractivity contribution in [1.29, 1.82) is 0 Å². The third kappa shape index (κ3) is 3.46. The van der Waals surface area contributed by atoms with Gasteiger partial charge in [-0.2, -0.15) is 0 Å². The highest BCUT2D eigenvalue weighted by Gasteiger charge is 2.16. The second-order valence-electron chi connectivity index (χ2n) is 5.74. The molecule has 0 bridgehead atoms. The van der Waals surface area contributed by atoms with E-state index in [0.717, 1.165) is 42.9 Å². The molecule has 0 aliphatic rings. The summed E-state index contributed by atoms with van der Waals surface area (Å²) in [6.45, 7) is 9.27. The molecule has 25 heavy (non-hydrogen) atoms. The van der Waals surface area contributed by atoms with Gasteiger partial charge in [0.25, 0.3) is 5.56 Å². The van der Waals surface area contributed by atoms with Crippen molar-refractivity contribution in [3.8, 4) is 5.75 Å². The molecule has 2 aromatic heterocycles. The minimum absolute atomic E-state index is 0.0648. The number of thioether (sulfide) groups is 1. The smallest absolute Gasteiger partial charge is 0.263 e. The second kappa shape index (κ2) is 7.62. The summed E-state index contributed by atoms with van der Waals surface area (Å²) in [6, 6.07) is 8.02. The molecule has 0 aliphatic carbocycles. The first kappa shape index (κ1) is 18.0. The maximum absolute atomic E-state index is 12.9. The number of rotatable bonds is 6. The fourth-order valence-corrected chi connectivity index (χ4v) is 4.88. The molecule has 0 amide bonds. The molecule has 0 saturated carbocycles. The zero-order valence-corrected chi connectivity index (χ0v) is 16.6. The Morgan fingerprint density at radius 3 is 2.72 bits per heavy atom. The molecule has 3 aromatic rings. The second-order valence-corrected chi connectivity index (χ2v) is 7.88. The van der Waals surface area contributed by atoms with Crippen LogP contribution < -0.4 is 10.3 Å². The van der Waals surface area contributed by atoms with Crippen LogP contribution in [0, 0.1) is 13.8 Å². The van der Waals surface area contributed by atoms with Gasteiger partial charge in [-0.25, -0.2) is 4.98 Å². The lowest BCUT2D eigenvalue weighted by molar-refractivity contribution is 0.337. The van der Waals surface area contributed by atoms with Crippen LogP contribution in [0.3, 0.4) is 0 Å². The Balaban J connectivity index is 1.98. The van der Waals surface area contributed by atoms with E-state index in [2.05, 4.69) is 6.07 Å². The molecule has 3 rings (SSSR count). The molecule has 132 valence electrons. The summed E-state index contributed by atoms with van der Waals surface area (Å²) in [4.78, 5) is 19.7. The van der Waals surface area contributed by atoms with Crippen molar-refractivity contribution in [3.63, 3.8) is 0 Å². The lowest BCUT2D eigenvalue weighted by atomic mass is 10.2. The predicted molar refractivity (Wildman–Crippen MR) is 106 cm³/mol. The summed E-state index contributed by atoms with van der Waals surface area (Å²) >= 11 is 3.18. The SMILES string of the molecule is CCOc1ccccc1CSc1nc2sc(C)c(C)c2c(=O)n1CC. The Labute approximate surface area is 155 Å². The van der Waals surface area contributed by atoms with E-state index in [1.165, 1.54) is 0 Å². The van der Waals surface area contributed by atoms with Gasteiger partial charge in [0.1, 0.15) is 10.6 Å². The Hall–Kier alpha value is -1.79. The highest BCUT2D eigenvalue weighted by atomic mass is 32.2. The van der Waals surface area contributed by atoms with Gasteiger partial charge in [-0.1, -0.05) is 30.0 Å². The van der Waals surface area contributed by atoms with Gasteiger partial charge in [-0.3, -0.25) is 9.36 Å². The zero-order valence-electron chi connectivity index (χ0n) is 15.0. The van der Waals surface area contributed by atoms with Crippen molar-refractivity contribution in [2.45, 2.75) is 45.1 Å². The first-order valence-corrected chi connectivity index (χ1v) is 10.2. The summed E-state index contributed by atoms with van der Waals surface area (Å²) in [7, 11) is 0. The Morgan fingerprint density at radius 2 is 2.00 bits per heavy atom. The molecule has 0 saturated heterocycles. The topological polar surface area (TPSA) is 44.1 Å². The van der Waals surface area contributed by atoms with Crippen molar-refractivity contribution in [1.82, 2.24) is 9.55 Å².